The number of nitrogens with zero attached hydrogens (tertiary/aromatic N) is 2. The third kappa shape index (κ3) is 2.11. The van der Waals surface area contributed by atoms with E-state index in [0.717, 1.165) is 5.92 Å². The highest BCUT2D eigenvalue weighted by molar-refractivity contribution is 5.04. The zero-order chi connectivity index (χ0) is 9.80. The first-order valence-corrected chi connectivity index (χ1v) is 5.66. The number of aromatic nitrogens is 2. The first-order chi connectivity index (χ1) is 6.90. The van der Waals surface area contributed by atoms with Crippen molar-refractivity contribution >= 4 is 0 Å². The molecule has 0 aliphatic heterocycles. The van der Waals surface area contributed by atoms with E-state index in [1.807, 2.05) is 6.20 Å². The van der Waals surface area contributed by atoms with Crippen LogP contribution in [0.2, 0.25) is 0 Å². The van der Waals surface area contributed by atoms with E-state index in [2.05, 4.69) is 16.9 Å². The summed E-state index contributed by atoms with van der Waals surface area (Å²) in [4.78, 5) is 8.53. The molecule has 1 aromatic rings. The summed E-state index contributed by atoms with van der Waals surface area (Å²) in [7, 11) is 0. The van der Waals surface area contributed by atoms with Crippen LogP contribution in [-0.4, -0.2) is 9.97 Å². The van der Waals surface area contributed by atoms with Crippen LogP contribution in [0.25, 0.3) is 0 Å². The second-order valence-electron chi connectivity index (χ2n) is 4.26. The van der Waals surface area contributed by atoms with Crippen LogP contribution >= 0.6 is 0 Å². The Morgan fingerprint density at radius 1 is 1.21 bits per heavy atom. The first kappa shape index (κ1) is 9.63. The van der Waals surface area contributed by atoms with Gasteiger partial charge in [0.25, 0.3) is 0 Å². The smallest absolute Gasteiger partial charge is 0.0617 e. The van der Waals surface area contributed by atoms with Crippen LogP contribution in [0.3, 0.4) is 0 Å². The molecule has 1 fully saturated rings. The summed E-state index contributed by atoms with van der Waals surface area (Å²) in [5.41, 5.74) is 1.20. The molecule has 1 aliphatic carbocycles. The highest BCUT2D eigenvalue weighted by Gasteiger charge is 2.21. The Labute approximate surface area is 85.8 Å². The van der Waals surface area contributed by atoms with Gasteiger partial charge in [0.05, 0.1) is 5.69 Å². The van der Waals surface area contributed by atoms with Crippen molar-refractivity contribution in [1.82, 2.24) is 9.97 Å². The molecule has 1 heterocycles. The van der Waals surface area contributed by atoms with Crippen molar-refractivity contribution in [1.29, 1.82) is 0 Å². The summed E-state index contributed by atoms with van der Waals surface area (Å²) in [5.74, 6) is 1.63. The van der Waals surface area contributed by atoms with Crippen molar-refractivity contribution in [2.75, 3.05) is 0 Å². The molecule has 0 aromatic carbocycles. The van der Waals surface area contributed by atoms with Crippen molar-refractivity contribution < 1.29 is 0 Å². The van der Waals surface area contributed by atoms with E-state index in [1.165, 1.54) is 37.8 Å². The van der Waals surface area contributed by atoms with Gasteiger partial charge >= 0.3 is 0 Å². The van der Waals surface area contributed by atoms with Gasteiger partial charge in [0, 0.05) is 24.5 Å². The van der Waals surface area contributed by atoms with Crippen LogP contribution < -0.4 is 0 Å². The molecule has 0 N–H and O–H groups in total. The number of hydrogen-bond donors (Lipinski definition) is 0. The summed E-state index contributed by atoms with van der Waals surface area (Å²) in [5, 5.41) is 0. The van der Waals surface area contributed by atoms with Crippen LogP contribution in [0.5, 0.6) is 0 Å². The lowest BCUT2D eigenvalue weighted by Crippen LogP contribution is -2.13. The van der Waals surface area contributed by atoms with E-state index in [9.17, 15) is 0 Å². The van der Waals surface area contributed by atoms with Gasteiger partial charge in [0.2, 0.25) is 0 Å². The highest BCUT2D eigenvalue weighted by Crippen LogP contribution is 2.35. The van der Waals surface area contributed by atoms with Gasteiger partial charge in [-0.2, -0.15) is 0 Å². The molecule has 0 spiro atoms. The molecule has 0 amide bonds. The molecular formula is C12H18N2. The lowest BCUT2D eigenvalue weighted by molar-refractivity contribution is 0.315. The van der Waals surface area contributed by atoms with Gasteiger partial charge in [-0.3, -0.25) is 9.97 Å². The SMILES string of the molecule is CCC1CCC(c2cnccn2)CC1. The van der Waals surface area contributed by atoms with Crippen molar-refractivity contribution in [3.8, 4) is 0 Å². The molecular weight excluding hydrogens is 172 g/mol. The second kappa shape index (κ2) is 4.54. The van der Waals surface area contributed by atoms with Gasteiger partial charge in [-0.25, -0.2) is 0 Å². The van der Waals surface area contributed by atoms with Crippen molar-refractivity contribution in [2.45, 2.75) is 44.9 Å². The van der Waals surface area contributed by atoms with E-state index >= 15 is 0 Å². The maximum atomic E-state index is 4.39. The molecule has 0 saturated heterocycles. The number of rotatable bonds is 2. The second-order valence-corrected chi connectivity index (χ2v) is 4.26. The van der Waals surface area contributed by atoms with E-state index < -0.39 is 0 Å². The molecule has 1 aliphatic rings. The van der Waals surface area contributed by atoms with Crippen molar-refractivity contribution in [3.05, 3.63) is 24.3 Å². The third-order valence-electron chi connectivity index (χ3n) is 3.43. The van der Waals surface area contributed by atoms with E-state index in [0.29, 0.717) is 5.92 Å². The molecule has 0 unspecified atom stereocenters. The standard InChI is InChI=1S/C12H18N2/c1-2-10-3-5-11(6-4-10)12-9-13-7-8-14-12/h7-11H,2-6H2,1H3. The summed E-state index contributed by atoms with van der Waals surface area (Å²) in [6.07, 6.45) is 12.2. The Morgan fingerprint density at radius 2 is 2.00 bits per heavy atom. The van der Waals surface area contributed by atoms with Crippen LogP contribution in [0, 0.1) is 5.92 Å². The van der Waals surface area contributed by atoms with Gasteiger partial charge < -0.3 is 0 Å². The van der Waals surface area contributed by atoms with Crippen molar-refractivity contribution in [2.24, 2.45) is 5.92 Å². The molecule has 2 rings (SSSR count). The Bertz CT molecular complexity index is 263. The molecule has 2 nitrogen and oxygen atoms in total. The zero-order valence-corrected chi connectivity index (χ0v) is 8.82. The normalized spacial score (nSPS) is 27.5. The lowest BCUT2D eigenvalue weighted by atomic mass is 9.79. The molecule has 2 heteroatoms. The third-order valence-corrected chi connectivity index (χ3v) is 3.43. The average Bonchev–Trinajstić information content (AvgIpc) is 2.30. The van der Waals surface area contributed by atoms with Crippen LogP contribution in [0.1, 0.15) is 50.6 Å². The monoisotopic (exact) mass is 190 g/mol. The average molecular weight is 190 g/mol. The van der Waals surface area contributed by atoms with Crippen LogP contribution in [0.15, 0.2) is 18.6 Å². The fourth-order valence-electron chi connectivity index (χ4n) is 2.39. The van der Waals surface area contributed by atoms with Gasteiger partial charge in [0.1, 0.15) is 0 Å². The van der Waals surface area contributed by atoms with Crippen molar-refractivity contribution in [3.63, 3.8) is 0 Å². The highest BCUT2D eigenvalue weighted by atomic mass is 14.8. The van der Waals surface area contributed by atoms with Gasteiger partial charge in [-0.1, -0.05) is 13.3 Å². The Hall–Kier alpha value is -0.920. The number of hydrogen-bond acceptors (Lipinski definition) is 2. The predicted molar refractivity (Wildman–Crippen MR) is 57.0 cm³/mol. The fraction of sp³-hybridized carbons (Fsp3) is 0.667. The minimum absolute atomic E-state index is 0.673. The van der Waals surface area contributed by atoms with E-state index in [-0.39, 0.29) is 0 Å². The maximum absolute atomic E-state index is 4.39. The summed E-state index contributed by atoms with van der Waals surface area (Å²) in [6.45, 7) is 2.30. The zero-order valence-electron chi connectivity index (χ0n) is 8.82. The first-order valence-electron chi connectivity index (χ1n) is 5.66. The summed E-state index contributed by atoms with van der Waals surface area (Å²) >= 11 is 0. The Kier molecular flexibility index (Phi) is 3.12. The fourth-order valence-corrected chi connectivity index (χ4v) is 2.39. The lowest BCUT2D eigenvalue weighted by Gasteiger charge is -2.26. The maximum Gasteiger partial charge on any atom is 0.0617 e. The van der Waals surface area contributed by atoms with Gasteiger partial charge in [0.15, 0.2) is 0 Å². The van der Waals surface area contributed by atoms with Gasteiger partial charge in [-0.15, -0.1) is 0 Å². The predicted octanol–water partition coefficient (Wildman–Crippen LogP) is 3.16. The molecule has 0 atom stereocenters. The summed E-state index contributed by atoms with van der Waals surface area (Å²) < 4.78 is 0. The minimum atomic E-state index is 0.673. The molecule has 0 radical (unpaired) electrons. The quantitative estimate of drug-likeness (QED) is 0.716. The summed E-state index contributed by atoms with van der Waals surface area (Å²) in [6, 6.07) is 0. The van der Waals surface area contributed by atoms with Crippen LogP contribution in [0.4, 0.5) is 0 Å². The Balaban J connectivity index is 1.96. The van der Waals surface area contributed by atoms with Gasteiger partial charge in [-0.05, 0) is 31.6 Å². The molecule has 1 aromatic heterocycles. The Morgan fingerprint density at radius 3 is 2.57 bits per heavy atom. The topological polar surface area (TPSA) is 25.8 Å². The molecule has 76 valence electrons. The van der Waals surface area contributed by atoms with E-state index in [1.54, 1.807) is 12.4 Å². The van der Waals surface area contributed by atoms with E-state index in [4.69, 9.17) is 0 Å². The minimum Gasteiger partial charge on any atom is -0.261 e. The molecule has 0 bridgehead atoms. The van der Waals surface area contributed by atoms with Crippen LogP contribution in [-0.2, 0) is 0 Å². The molecule has 1 saturated carbocycles. The molecule has 14 heavy (non-hydrogen) atoms. The largest absolute Gasteiger partial charge is 0.261 e.